The first kappa shape index (κ1) is 5.97. The number of hydrogen-bond acceptors (Lipinski definition) is 1. The summed E-state index contributed by atoms with van der Waals surface area (Å²) in [6.45, 7) is 1.91. The molecule has 1 aromatic heterocycles. The first-order valence-electron chi connectivity index (χ1n) is 2.81. The van der Waals surface area contributed by atoms with E-state index in [-0.39, 0.29) is 0 Å². The summed E-state index contributed by atoms with van der Waals surface area (Å²) in [6, 6.07) is 1.90. The number of furan rings is 1. The Bertz CT molecular complexity index is 227. The summed E-state index contributed by atoms with van der Waals surface area (Å²) in [5, 5.41) is 0. The van der Waals surface area contributed by atoms with E-state index in [4.69, 9.17) is 10.8 Å². The molecule has 0 unspecified atom stereocenters. The molecule has 0 radical (unpaired) electrons. The Morgan fingerprint density at radius 2 is 2.56 bits per heavy atom. The zero-order chi connectivity index (χ0) is 6.69. The molecule has 0 aliphatic heterocycles. The summed E-state index contributed by atoms with van der Waals surface area (Å²) >= 11 is 0. The molecule has 1 nitrogen and oxygen atoms in total. The fraction of sp³-hybridized carbons (Fsp3) is 0.250. The Labute approximate surface area is 54.7 Å². The van der Waals surface area contributed by atoms with E-state index in [1.54, 1.807) is 6.26 Å². The summed E-state index contributed by atoms with van der Waals surface area (Å²) in [7, 11) is 0. The van der Waals surface area contributed by atoms with Crippen LogP contribution >= 0.6 is 0 Å². The lowest BCUT2D eigenvalue weighted by Gasteiger charge is -1.86. The van der Waals surface area contributed by atoms with Crippen molar-refractivity contribution in [2.45, 2.75) is 13.3 Å². The van der Waals surface area contributed by atoms with E-state index in [1.165, 1.54) is 0 Å². The average Bonchev–Trinajstić information content (AvgIpc) is 2.18. The number of hydrogen-bond donors (Lipinski definition) is 0. The fourth-order valence-electron chi connectivity index (χ4n) is 0.705. The van der Waals surface area contributed by atoms with Crippen molar-refractivity contribution in [1.82, 2.24) is 0 Å². The quantitative estimate of drug-likeness (QED) is 0.515. The van der Waals surface area contributed by atoms with Crippen molar-refractivity contribution in [2.24, 2.45) is 0 Å². The summed E-state index contributed by atoms with van der Waals surface area (Å²) in [5.41, 5.74) is 1.11. The molecular weight excluding hydrogens is 112 g/mol. The van der Waals surface area contributed by atoms with Crippen LogP contribution in [0.4, 0.5) is 0 Å². The molecule has 0 saturated heterocycles. The molecular formula is C8H8O. The molecule has 0 atom stereocenters. The highest BCUT2D eigenvalue weighted by Gasteiger charge is 1.96. The molecule has 0 fully saturated rings. The van der Waals surface area contributed by atoms with Gasteiger partial charge in [0.05, 0.1) is 6.26 Å². The van der Waals surface area contributed by atoms with Crippen LogP contribution in [-0.2, 0) is 6.42 Å². The fourth-order valence-corrected chi connectivity index (χ4v) is 0.705. The molecule has 1 heteroatoms. The van der Waals surface area contributed by atoms with Gasteiger partial charge in [0.25, 0.3) is 0 Å². The minimum absolute atomic E-state index is 0.669. The topological polar surface area (TPSA) is 13.1 Å². The van der Waals surface area contributed by atoms with Crippen molar-refractivity contribution in [1.29, 1.82) is 0 Å². The van der Waals surface area contributed by atoms with Gasteiger partial charge in [-0.15, -0.1) is 12.3 Å². The number of rotatable bonds is 1. The van der Waals surface area contributed by atoms with Crippen molar-refractivity contribution >= 4 is 0 Å². The largest absolute Gasteiger partial charge is 0.469 e. The van der Waals surface area contributed by atoms with Gasteiger partial charge in [-0.1, -0.05) is 0 Å². The lowest BCUT2D eigenvalue weighted by Crippen LogP contribution is -1.77. The predicted molar refractivity (Wildman–Crippen MR) is 36.0 cm³/mol. The van der Waals surface area contributed by atoms with Gasteiger partial charge in [0.1, 0.15) is 5.76 Å². The molecule has 1 heterocycles. The standard InChI is InChI=1S/C8H8O/c1-3-4-8-5-6-9-7(8)2/h1,5-6H,4H2,2H3. The van der Waals surface area contributed by atoms with Gasteiger partial charge >= 0.3 is 0 Å². The predicted octanol–water partition coefficient (Wildman–Crippen LogP) is 1.76. The number of aryl methyl sites for hydroxylation is 1. The van der Waals surface area contributed by atoms with E-state index >= 15 is 0 Å². The van der Waals surface area contributed by atoms with Crippen molar-refractivity contribution in [3.63, 3.8) is 0 Å². The van der Waals surface area contributed by atoms with Crippen LogP contribution in [0.3, 0.4) is 0 Å². The highest BCUT2D eigenvalue weighted by molar-refractivity contribution is 5.20. The van der Waals surface area contributed by atoms with Crippen molar-refractivity contribution in [3.8, 4) is 12.3 Å². The van der Waals surface area contributed by atoms with Crippen LogP contribution in [0.15, 0.2) is 16.7 Å². The molecule has 0 saturated carbocycles. The van der Waals surface area contributed by atoms with E-state index in [2.05, 4.69) is 5.92 Å². The van der Waals surface area contributed by atoms with Gasteiger partial charge in [0.15, 0.2) is 0 Å². The van der Waals surface area contributed by atoms with E-state index in [0.29, 0.717) is 6.42 Å². The Morgan fingerprint density at radius 1 is 1.78 bits per heavy atom. The maximum absolute atomic E-state index is 5.10. The van der Waals surface area contributed by atoms with Gasteiger partial charge in [0.2, 0.25) is 0 Å². The molecule has 0 bridgehead atoms. The molecule has 1 aromatic rings. The Hall–Kier alpha value is -1.16. The highest BCUT2D eigenvalue weighted by Crippen LogP contribution is 2.07. The Kier molecular flexibility index (Phi) is 1.60. The minimum atomic E-state index is 0.669. The molecule has 46 valence electrons. The van der Waals surface area contributed by atoms with Crippen LogP contribution in [0.5, 0.6) is 0 Å². The molecule has 0 aliphatic carbocycles. The van der Waals surface area contributed by atoms with E-state index < -0.39 is 0 Å². The summed E-state index contributed by atoms with van der Waals surface area (Å²) in [4.78, 5) is 0. The monoisotopic (exact) mass is 120 g/mol. The number of terminal acetylenes is 1. The minimum Gasteiger partial charge on any atom is -0.469 e. The van der Waals surface area contributed by atoms with E-state index in [0.717, 1.165) is 11.3 Å². The molecule has 0 spiro atoms. The van der Waals surface area contributed by atoms with Gasteiger partial charge in [0, 0.05) is 12.0 Å². The lowest BCUT2D eigenvalue weighted by molar-refractivity contribution is 0.531. The van der Waals surface area contributed by atoms with Crippen LogP contribution in [0.1, 0.15) is 11.3 Å². The first-order valence-corrected chi connectivity index (χ1v) is 2.81. The average molecular weight is 120 g/mol. The SMILES string of the molecule is C#CCc1ccoc1C. The Balaban J connectivity index is 2.84. The van der Waals surface area contributed by atoms with Gasteiger partial charge in [-0.3, -0.25) is 0 Å². The van der Waals surface area contributed by atoms with Crippen LogP contribution in [0.25, 0.3) is 0 Å². The van der Waals surface area contributed by atoms with Crippen LogP contribution in [0, 0.1) is 19.3 Å². The molecule has 9 heavy (non-hydrogen) atoms. The van der Waals surface area contributed by atoms with Crippen LogP contribution in [-0.4, -0.2) is 0 Å². The van der Waals surface area contributed by atoms with Crippen LogP contribution < -0.4 is 0 Å². The van der Waals surface area contributed by atoms with E-state index in [1.807, 2.05) is 13.0 Å². The normalized spacial score (nSPS) is 8.89. The van der Waals surface area contributed by atoms with E-state index in [9.17, 15) is 0 Å². The van der Waals surface area contributed by atoms with Crippen molar-refractivity contribution in [2.75, 3.05) is 0 Å². The summed E-state index contributed by atoms with van der Waals surface area (Å²) in [6.07, 6.45) is 7.42. The van der Waals surface area contributed by atoms with Gasteiger partial charge < -0.3 is 4.42 Å². The smallest absolute Gasteiger partial charge is 0.104 e. The second kappa shape index (κ2) is 2.41. The Morgan fingerprint density at radius 3 is 3.00 bits per heavy atom. The van der Waals surface area contributed by atoms with Gasteiger partial charge in [-0.05, 0) is 13.0 Å². The third-order valence-corrected chi connectivity index (χ3v) is 1.26. The van der Waals surface area contributed by atoms with Crippen molar-refractivity contribution < 1.29 is 4.42 Å². The third kappa shape index (κ3) is 1.14. The molecule has 0 amide bonds. The maximum atomic E-state index is 5.10. The van der Waals surface area contributed by atoms with Crippen LogP contribution in [0.2, 0.25) is 0 Å². The third-order valence-electron chi connectivity index (χ3n) is 1.26. The second-order valence-electron chi connectivity index (χ2n) is 1.88. The molecule has 0 N–H and O–H groups in total. The zero-order valence-corrected chi connectivity index (χ0v) is 5.35. The highest BCUT2D eigenvalue weighted by atomic mass is 16.3. The zero-order valence-electron chi connectivity index (χ0n) is 5.35. The first-order chi connectivity index (χ1) is 4.34. The van der Waals surface area contributed by atoms with Gasteiger partial charge in [-0.2, -0.15) is 0 Å². The summed E-state index contributed by atoms with van der Waals surface area (Å²) in [5.74, 6) is 3.47. The summed E-state index contributed by atoms with van der Waals surface area (Å²) < 4.78 is 5.02. The van der Waals surface area contributed by atoms with Crippen molar-refractivity contribution in [3.05, 3.63) is 23.7 Å². The van der Waals surface area contributed by atoms with Gasteiger partial charge in [-0.25, -0.2) is 0 Å². The second-order valence-corrected chi connectivity index (χ2v) is 1.88. The lowest BCUT2D eigenvalue weighted by atomic mass is 10.2. The molecule has 0 aromatic carbocycles. The molecule has 0 aliphatic rings. The maximum Gasteiger partial charge on any atom is 0.104 e. The molecule has 1 rings (SSSR count).